The first-order valence-corrected chi connectivity index (χ1v) is 4.43. The average molecular weight is 203 g/mol. The molecule has 1 heterocycles. The number of fused-ring (bicyclic) bond motifs is 1. The minimum atomic E-state index is -0.515. The van der Waals surface area contributed by atoms with E-state index in [0.29, 0.717) is 10.8 Å². The van der Waals surface area contributed by atoms with E-state index in [-0.39, 0.29) is 5.75 Å². The molecule has 0 aliphatic rings. The summed E-state index contributed by atoms with van der Waals surface area (Å²) in [5.41, 5.74) is -0.919. The van der Waals surface area contributed by atoms with Crippen molar-refractivity contribution < 1.29 is 4.74 Å². The number of rotatable bonds is 1. The summed E-state index contributed by atoms with van der Waals surface area (Å²) in [5, 5.41) is 1.15. The van der Waals surface area contributed by atoms with Crippen LogP contribution in [0.1, 0.15) is 0 Å². The van der Waals surface area contributed by atoms with Crippen LogP contribution in [0.5, 0.6) is 5.75 Å². The monoisotopic (exact) mass is 203 g/mol. The molecule has 0 fully saturated rings. The summed E-state index contributed by atoms with van der Waals surface area (Å²) in [6.45, 7) is 0. The Labute approximate surface area is 85.1 Å². The van der Waals surface area contributed by atoms with Gasteiger partial charge in [0, 0.05) is 5.39 Å². The summed E-state index contributed by atoms with van der Waals surface area (Å²) in [5.74, 6) is 0.133. The predicted molar refractivity (Wildman–Crippen MR) is 57.4 cm³/mol. The highest BCUT2D eigenvalue weighted by Crippen LogP contribution is 2.10. The van der Waals surface area contributed by atoms with Crippen LogP contribution >= 0.6 is 0 Å². The van der Waals surface area contributed by atoms with Gasteiger partial charge < -0.3 is 4.74 Å². The molecule has 0 radical (unpaired) electrons. The Morgan fingerprint density at radius 3 is 2.60 bits per heavy atom. The van der Waals surface area contributed by atoms with Crippen LogP contribution in [0.4, 0.5) is 0 Å². The van der Waals surface area contributed by atoms with E-state index in [1.54, 1.807) is 30.3 Å². The molecule has 15 heavy (non-hydrogen) atoms. The van der Waals surface area contributed by atoms with Gasteiger partial charge in [0.2, 0.25) is 0 Å². The van der Waals surface area contributed by atoms with Gasteiger partial charge in [0.1, 0.15) is 0 Å². The molecule has 1 N–H and O–H groups in total. The standard InChI is InChI=1S/C11H9NO3/c1-15-9-6-7-4-2-3-5-8(7)10(13)12-11(9)14/h2-6H,1H3,(H,12,13,14). The lowest BCUT2D eigenvalue weighted by Crippen LogP contribution is -2.15. The van der Waals surface area contributed by atoms with E-state index in [9.17, 15) is 9.59 Å². The maximum Gasteiger partial charge on any atom is 0.293 e. The summed E-state index contributed by atoms with van der Waals surface area (Å²) in [6, 6.07) is 8.51. The lowest BCUT2D eigenvalue weighted by molar-refractivity contribution is 0.409. The van der Waals surface area contributed by atoms with E-state index in [2.05, 4.69) is 4.98 Å². The topological polar surface area (TPSA) is 59.2 Å². The Balaban J connectivity index is 3.04. The zero-order valence-electron chi connectivity index (χ0n) is 8.11. The van der Waals surface area contributed by atoms with Crippen LogP contribution in [-0.4, -0.2) is 12.1 Å². The van der Waals surface area contributed by atoms with Crippen LogP contribution in [0.15, 0.2) is 39.9 Å². The molecule has 0 amide bonds. The number of aromatic nitrogens is 1. The van der Waals surface area contributed by atoms with Crippen molar-refractivity contribution in [2.24, 2.45) is 0 Å². The average Bonchev–Trinajstić information content (AvgIpc) is 2.36. The molecule has 0 bridgehead atoms. The first-order chi connectivity index (χ1) is 7.22. The second kappa shape index (κ2) is 3.57. The van der Waals surface area contributed by atoms with E-state index in [1.807, 2.05) is 0 Å². The normalized spacial score (nSPS) is 10.2. The molecule has 0 aliphatic heterocycles. The number of hydrogen-bond donors (Lipinski definition) is 1. The zero-order valence-corrected chi connectivity index (χ0v) is 8.11. The first-order valence-electron chi connectivity index (χ1n) is 4.43. The molecule has 0 saturated carbocycles. The van der Waals surface area contributed by atoms with Gasteiger partial charge in [0.05, 0.1) is 7.11 Å². The molecule has 1 aromatic carbocycles. The molecular formula is C11H9NO3. The highest BCUT2D eigenvalue weighted by atomic mass is 16.5. The number of H-pyrrole nitrogens is 1. The number of nitrogens with one attached hydrogen (secondary N) is 1. The molecule has 4 heteroatoms. The largest absolute Gasteiger partial charge is 0.491 e. The summed E-state index contributed by atoms with van der Waals surface area (Å²) >= 11 is 0. The predicted octanol–water partition coefficient (Wildman–Crippen LogP) is 0.897. The molecule has 2 aromatic rings. The van der Waals surface area contributed by atoms with Crippen molar-refractivity contribution in [2.75, 3.05) is 7.11 Å². The minimum Gasteiger partial charge on any atom is -0.491 e. The van der Waals surface area contributed by atoms with E-state index < -0.39 is 11.1 Å². The zero-order chi connectivity index (χ0) is 10.8. The van der Waals surface area contributed by atoms with Crippen molar-refractivity contribution in [3.63, 3.8) is 0 Å². The maximum absolute atomic E-state index is 11.6. The molecule has 2 rings (SSSR count). The van der Waals surface area contributed by atoms with E-state index >= 15 is 0 Å². The van der Waals surface area contributed by atoms with Crippen molar-refractivity contribution in [3.8, 4) is 5.75 Å². The fourth-order valence-corrected chi connectivity index (χ4v) is 1.42. The fourth-order valence-electron chi connectivity index (χ4n) is 1.42. The third kappa shape index (κ3) is 1.61. The quantitative estimate of drug-likeness (QED) is 0.749. The van der Waals surface area contributed by atoms with E-state index in [1.165, 1.54) is 7.11 Å². The Kier molecular flexibility index (Phi) is 2.25. The molecule has 0 aliphatic carbocycles. The van der Waals surface area contributed by atoms with Gasteiger partial charge in [-0.2, -0.15) is 0 Å². The van der Waals surface area contributed by atoms with Gasteiger partial charge in [-0.05, 0) is 17.5 Å². The van der Waals surface area contributed by atoms with Gasteiger partial charge >= 0.3 is 0 Å². The van der Waals surface area contributed by atoms with Crippen molar-refractivity contribution in [1.82, 2.24) is 4.98 Å². The van der Waals surface area contributed by atoms with Crippen LogP contribution in [-0.2, 0) is 0 Å². The van der Waals surface area contributed by atoms with Gasteiger partial charge in [-0.25, -0.2) is 0 Å². The van der Waals surface area contributed by atoms with Crippen molar-refractivity contribution in [3.05, 3.63) is 51.0 Å². The number of methoxy groups -OCH3 is 1. The highest BCUT2D eigenvalue weighted by Gasteiger charge is 2.01. The van der Waals surface area contributed by atoms with Crippen LogP contribution < -0.4 is 15.9 Å². The van der Waals surface area contributed by atoms with Gasteiger partial charge in [-0.15, -0.1) is 0 Å². The van der Waals surface area contributed by atoms with Crippen LogP contribution in [0, 0.1) is 0 Å². The third-order valence-electron chi connectivity index (χ3n) is 2.16. The van der Waals surface area contributed by atoms with Gasteiger partial charge in [0.15, 0.2) is 5.75 Å². The highest BCUT2D eigenvalue weighted by molar-refractivity contribution is 5.81. The molecule has 0 saturated heterocycles. The van der Waals surface area contributed by atoms with E-state index in [0.717, 1.165) is 0 Å². The third-order valence-corrected chi connectivity index (χ3v) is 2.16. The minimum absolute atomic E-state index is 0.133. The summed E-state index contributed by atoms with van der Waals surface area (Å²) in [6.07, 6.45) is 0. The van der Waals surface area contributed by atoms with E-state index in [4.69, 9.17) is 4.74 Å². The smallest absolute Gasteiger partial charge is 0.293 e. The number of ether oxygens (including phenoxy) is 1. The van der Waals surface area contributed by atoms with Crippen LogP contribution in [0.3, 0.4) is 0 Å². The molecule has 76 valence electrons. The lowest BCUT2D eigenvalue weighted by atomic mass is 10.2. The molecular weight excluding hydrogens is 194 g/mol. The maximum atomic E-state index is 11.6. The number of hydrogen-bond acceptors (Lipinski definition) is 3. The second-order valence-corrected chi connectivity index (χ2v) is 3.08. The van der Waals surface area contributed by atoms with Gasteiger partial charge in [-0.1, -0.05) is 18.2 Å². The molecule has 4 nitrogen and oxygen atoms in total. The van der Waals surface area contributed by atoms with Crippen molar-refractivity contribution in [1.29, 1.82) is 0 Å². The summed E-state index contributed by atoms with van der Waals surface area (Å²) < 4.78 is 4.89. The second-order valence-electron chi connectivity index (χ2n) is 3.08. The molecule has 1 aromatic heterocycles. The fraction of sp³-hybridized carbons (Fsp3) is 0.0909. The Hall–Kier alpha value is -2.10. The molecule has 0 unspecified atom stereocenters. The Morgan fingerprint density at radius 2 is 1.87 bits per heavy atom. The summed E-state index contributed by atoms with van der Waals surface area (Å²) in [7, 11) is 1.39. The van der Waals surface area contributed by atoms with Crippen LogP contribution in [0.25, 0.3) is 10.8 Å². The number of aromatic amines is 1. The first kappa shape index (κ1) is 9.45. The Bertz CT molecular complexity index is 616. The molecule has 0 atom stereocenters. The van der Waals surface area contributed by atoms with Gasteiger partial charge in [0.25, 0.3) is 11.1 Å². The lowest BCUT2D eigenvalue weighted by Gasteiger charge is -1.92. The SMILES string of the molecule is COc1cc2ccccc2c(=O)[nH]c1=O. The van der Waals surface area contributed by atoms with Crippen LogP contribution in [0.2, 0.25) is 0 Å². The summed E-state index contributed by atoms with van der Waals surface area (Å²) in [4.78, 5) is 25.2. The van der Waals surface area contributed by atoms with Crippen molar-refractivity contribution in [2.45, 2.75) is 0 Å². The number of benzene rings is 1. The van der Waals surface area contributed by atoms with Gasteiger partial charge in [-0.3, -0.25) is 14.6 Å². The Morgan fingerprint density at radius 1 is 1.13 bits per heavy atom. The molecule has 0 spiro atoms. The van der Waals surface area contributed by atoms with Crippen molar-refractivity contribution >= 4 is 10.8 Å².